The molecule has 0 aliphatic heterocycles. The first kappa shape index (κ1) is 8.97. The SMILES string of the molecule is CCCCCc1cc(N)ncn1. The van der Waals surface area contributed by atoms with Crippen molar-refractivity contribution < 1.29 is 0 Å². The summed E-state index contributed by atoms with van der Waals surface area (Å²) in [5, 5.41) is 0. The molecule has 3 nitrogen and oxygen atoms in total. The van der Waals surface area contributed by atoms with Crippen molar-refractivity contribution in [1.29, 1.82) is 0 Å². The van der Waals surface area contributed by atoms with Crippen LogP contribution in [-0.4, -0.2) is 9.97 Å². The van der Waals surface area contributed by atoms with Crippen LogP contribution in [0.1, 0.15) is 31.9 Å². The van der Waals surface area contributed by atoms with Gasteiger partial charge in [0.15, 0.2) is 0 Å². The Morgan fingerprint density at radius 3 is 2.83 bits per heavy atom. The zero-order valence-electron chi connectivity index (χ0n) is 7.45. The van der Waals surface area contributed by atoms with Crippen LogP contribution in [0.2, 0.25) is 0 Å². The lowest BCUT2D eigenvalue weighted by atomic mass is 10.1. The molecule has 0 atom stereocenters. The lowest BCUT2D eigenvalue weighted by Gasteiger charge is -1.99. The summed E-state index contributed by atoms with van der Waals surface area (Å²) in [6.07, 6.45) is 6.22. The predicted octanol–water partition coefficient (Wildman–Crippen LogP) is 1.79. The van der Waals surface area contributed by atoms with Crippen molar-refractivity contribution in [2.24, 2.45) is 0 Å². The highest BCUT2D eigenvalue weighted by atomic mass is 14.9. The normalized spacial score (nSPS) is 10.1. The van der Waals surface area contributed by atoms with E-state index >= 15 is 0 Å². The van der Waals surface area contributed by atoms with E-state index in [1.54, 1.807) is 0 Å². The van der Waals surface area contributed by atoms with E-state index in [1.807, 2.05) is 6.07 Å². The fourth-order valence-electron chi connectivity index (χ4n) is 1.11. The Bertz CT molecular complexity index is 235. The van der Waals surface area contributed by atoms with Gasteiger partial charge in [0.25, 0.3) is 0 Å². The summed E-state index contributed by atoms with van der Waals surface area (Å²) < 4.78 is 0. The van der Waals surface area contributed by atoms with E-state index in [2.05, 4.69) is 16.9 Å². The number of unbranched alkanes of at least 4 members (excludes halogenated alkanes) is 2. The third-order valence-corrected chi connectivity index (χ3v) is 1.78. The summed E-state index contributed by atoms with van der Waals surface area (Å²) in [5.74, 6) is 0.566. The van der Waals surface area contributed by atoms with Gasteiger partial charge in [0.1, 0.15) is 12.1 Å². The smallest absolute Gasteiger partial charge is 0.126 e. The Morgan fingerprint density at radius 1 is 1.33 bits per heavy atom. The molecule has 0 aromatic carbocycles. The van der Waals surface area contributed by atoms with Crippen LogP contribution in [0.3, 0.4) is 0 Å². The van der Waals surface area contributed by atoms with Crippen LogP contribution in [0.25, 0.3) is 0 Å². The van der Waals surface area contributed by atoms with Crippen molar-refractivity contribution in [2.75, 3.05) is 5.73 Å². The van der Waals surface area contributed by atoms with Gasteiger partial charge >= 0.3 is 0 Å². The van der Waals surface area contributed by atoms with Gasteiger partial charge in [-0.15, -0.1) is 0 Å². The molecular weight excluding hydrogens is 150 g/mol. The maximum absolute atomic E-state index is 5.51. The molecule has 0 bridgehead atoms. The van der Waals surface area contributed by atoms with Gasteiger partial charge in [-0.25, -0.2) is 9.97 Å². The third-order valence-electron chi connectivity index (χ3n) is 1.78. The minimum atomic E-state index is 0.566. The second kappa shape index (κ2) is 4.70. The maximum atomic E-state index is 5.51. The molecule has 0 amide bonds. The molecule has 66 valence electrons. The molecule has 0 aliphatic carbocycles. The topological polar surface area (TPSA) is 51.8 Å². The average Bonchev–Trinajstić information content (AvgIpc) is 2.05. The summed E-state index contributed by atoms with van der Waals surface area (Å²) in [6, 6.07) is 1.84. The summed E-state index contributed by atoms with van der Waals surface area (Å²) >= 11 is 0. The van der Waals surface area contributed by atoms with Crippen LogP contribution in [0.4, 0.5) is 5.82 Å². The van der Waals surface area contributed by atoms with Crippen molar-refractivity contribution in [3.8, 4) is 0 Å². The summed E-state index contributed by atoms with van der Waals surface area (Å²) in [7, 11) is 0. The van der Waals surface area contributed by atoms with Crippen molar-refractivity contribution in [3.63, 3.8) is 0 Å². The number of nitrogens with zero attached hydrogens (tertiary/aromatic N) is 2. The lowest BCUT2D eigenvalue weighted by Crippen LogP contribution is -1.95. The van der Waals surface area contributed by atoms with Crippen molar-refractivity contribution >= 4 is 5.82 Å². The van der Waals surface area contributed by atoms with Gasteiger partial charge in [0.05, 0.1) is 0 Å². The quantitative estimate of drug-likeness (QED) is 0.692. The Kier molecular flexibility index (Phi) is 3.51. The number of hydrogen-bond acceptors (Lipinski definition) is 3. The molecule has 1 heterocycles. The third kappa shape index (κ3) is 2.86. The number of hydrogen-bond donors (Lipinski definition) is 1. The second-order valence-corrected chi connectivity index (χ2v) is 2.89. The number of nitrogen functional groups attached to an aromatic ring is 1. The first-order chi connectivity index (χ1) is 5.83. The fourth-order valence-corrected chi connectivity index (χ4v) is 1.11. The number of aryl methyl sites for hydroxylation is 1. The van der Waals surface area contributed by atoms with Crippen LogP contribution in [0.5, 0.6) is 0 Å². The first-order valence-electron chi connectivity index (χ1n) is 4.39. The standard InChI is InChI=1S/C9H15N3/c1-2-3-4-5-8-6-9(10)12-7-11-8/h6-7H,2-5H2,1H3,(H2,10,11,12). The van der Waals surface area contributed by atoms with E-state index in [-0.39, 0.29) is 0 Å². The van der Waals surface area contributed by atoms with Crippen molar-refractivity contribution in [1.82, 2.24) is 9.97 Å². The summed E-state index contributed by atoms with van der Waals surface area (Å²) in [4.78, 5) is 7.95. The molecule has 0 saturated carbocycles. The number of anilines is 1. The predicted molar refractivity (Wildman–Crippen MR) is 49.7 cm³/mol. The molecule has 1 aromatic rings. The average molecular weight is 165 g/mol. The molecule has 0 saturated heterocycles. The summed E-state index contributed by atoms with van der Waals surface area (Å²) in [6.45, 7) is 2.19. The maximum Gasteiger partial charge on any atom is 0.126 e. The number of rotatable bonds is 4. The Labute approximate surface area is 73.0 Å². The zero-order chi connectivity index (χ0) is 8.81. The van der Waals surface area contributed by atoms with Crippen molar-refractivity contribution in [3.05, 3.63) is 18.1 Å². The molecule has 1 aromatic heterocycles. The molecule has 0 aliphatic rings. The van der Waals surface area contributed by atoms with Gasteiger partial charge in [-0.1, -0.05) is 19.8 Å². The van der Waals surface area contributed by atoms with E-state index < -0.39 is 0 Å². The Hall–Kier alpha value is -1.12. The number of nitrogens with two attached hydrogens (primary N) is 1. The van der Waals surface area contributed by atoms with Crippen molar-refractivity contribution in [2.45, 2.75) is 32.6 Å². The summed E-state index contributed by atoms with van der Waals surface area (Å²) in [5.41, 5.74) is 6.56. The van der Waals surface area contributed by atoms with Gasteiger partial charge in [0, 0.05) is 11.8 Å². The molecule has 0 radical (unpaired) electrons. The monoisotopic (exact) mass is 165 g/mol. The highest BCUT2D eigenvalue weighted by molar-refractivity contribution is 5.27. The molecule has 0 fully saturated rings. The first-order valence-corrected chi connectivity index (χ1v) is 4.39. The molecule has 2 N–H and O–H groups in total. The van der Waals surface area contributed by atoms with Crippen LogP contribution in [0, 0.1) is 0 Å². The van der Waals surface area contributed by atoms with E-state index in [0.29, 0.717) is 5.82 Å². The molecule has 0 spiro atoms. The van der Waals surface area contributed by atoms with Gasteiger partial charge in [-0.3, -0.25) is 0 Å². The minimum absolute atomic E-state index is 0.566. The van der Waals surface area contributed by atoms with Crippen LogP contribution >= 0.6 is 0 Å². The van der Waals surface area contributed by atoms with Crippen LogP contribution in [-0.2, 0) is 6.42 Å². The zero-order valence-corrected chi connectivity index (χ0v) is 7.45. The highest BCUT2D eigenvalue weighted by Crippen LogP contribution is 2.05. The molecular formula is C9H15N3. The second-order valence-electron chi connectivity index (χ2n) is 2.89. The molecule has 12 heavy (non-hydrogen) atoms. The lowest BCUT2D eigenvalue weighted by molar-refractivity contribution is 0.706. The minimum Gasteiger partial charge on any atom is -0.384 e. The highest BCUT2D eigenvalue weighted by Gasteiger charge is 1.94. The molecule has 1 rings (SSSR count). The van der Waals surface area contributed by atoms with Crippen LogP contribution < -0.4 is 5.73 Å². The van der Waals surface area contributed by atoms with Crippen LogP contribution in [0.15, 0.2) is 12.4 Å². The Morgan fingerprint density at radius 2 is 2.17 bits per heavy atom. The van der Waals surface area contributed by atoms with E-state index in [1.165, 1.54) is 25.6 Å². The van der Waals surface area contributed by atoms with E-state index in [9.17, 15) is 0 Å². The molecule has 3 heteroatoms. The number of aromatic nitrogens is 2. The van der Waals surface area contributed by atoms with Gasteiger partial charge in [0.2, 0.25) is 0 Å². The fraction of sp³-hybridized carbons (Fsp3) is 0.556. The Balaban J connectivity index is 2.41. The van der Waals surface area contributed by atoms with Gasteiger partial charge in [-0.2, -0.15) is 0 Å². The van der Waals surface area contributed by atoms with E-state index in [0.717, 1.165) is 12.1 Å². The van der Waals surface area contributed by atoms with Gasteiger partial charge < -0.3 is 5.73 Å². The van der Waals surface area contributed by atoms with E-state index in [4.69, 9.17) is 5.73 Å². The molecule has 0 unspecified atom stereocenters. The largest absolute Gasteiger partial charge is 0.384 e. The van der Waals surface area contributed by atoms with Gasteiger partial charge in [-0.05, 0) is 12.8 Å².